The lowest BCUT2D eigenvalue weighted by Gasteiger charge is -2.00. The van der Waals surface area contributed by atoms with Crippen LogP contribution in [0.5, 0.6) is 0 Å². The average molecular weight is 117 g/mol. The van der Waals surface area contributed by atoms with Gasteiger partial charge in [-0.15, -0.1) is 0 Å². The van der Waals surface area contributed by atoms with E-state index in [9.17, 15) is 0 Å². The Balaban J connectivity index is 3.47. The minimum absolute atomic E-state index is 0.931. The van der Waals surface area contributed by atoms with Crippen molar-refractivity contribution in [3.05, 3.63) is 0 Å². The van der Waals surface area contributed by atoms with E-state index in [0.717, 1.165) is 0 Å². The van der Waals surface area contributed by atoms with E-state index in [2.05, 4.69) is 27.4 Å². The molecule has 0 aromatic heterocycles. The second kappa shape index (κ2) is 4.36. The van der Waals surface area contributed by atoms with E-state index in [1.165, 1.54) is 0 Å². The van der Waals surface area contributed by atoms with Crippen LogP contribution >= 0.6 is 0 Å². The van der Waals surface area contributed by atoms with Crippen molar-refractivity contribution >= 4 is 0 Å². The maximum Gasteiger partial charge on any atom is 0.258 e. The Morgan fingerprint density at radius 3 is 1.88 bits per heavy atom. The highest BCUT2D eigenvalue weighted by molar-refractivity contribution is 4.96. The molecule has 0 saturated heterocycles. The van der Waals surface area contributed by atoms with Crippen LogP contribution in [0.3, 0.4) is 0 Å². The van der Waals surface area contributed by atoms with Gasteiger partial charge in [0.05, 0.1) is 0 Å². The predicted molar refractivity (Wildman–Crippen MR) is 26.3 cm³/mol. The number of rotatable bonds is 2. The lowest BCUT2D eigenvalue weighted by atomic mass is 10.7. The Hall–Kier alpha value is -0.800. The first-order valence-corrected chi connectivity index (χ1v) is 1.77. The molecule has 8 heavy (non-hydrogen) atoms. The molecule has 0 spiro atoms. The van der Waals surface area contributed by atoms with Gasteiger partial charge in [0.1, 0.15) is 0 Å². The summed E-state index contributed by atoms with van der Waals surface area (Å²) in [6, 6.07) is 2.01. The minimum Gasteiger partial charge on any atom is -0.359 e. The topological polar surface area (TPSA) is 96.5 Å². The van der Waals surface area contributed by atoms with Crippen LogP contribution in [0.15, 0.2) is 0 Å². The molecule has 46 valence electrons. The van der Waals surface area contributed by atoms with Crippen molar-refractivity contribution in [1.29, 1.82) is 0 Å². The Bertz CT molecular complexity index is 101. The van der Waals surface area contributed by atoms with Gasteiger partial charge in [-0.05, 0) is 5.92 Å². The molecule has 5 nitrogen and oxygen atoms in total. The van der Waals surface area contributed by atoms with Gasteiger partial charge in [-0.1, -0.05) is 0 Å². The second-order valence-electron chi connectivity index (χ2n) is 0.893. The van der Waals surface area contributed by atoms with Gasteiger partial charge in [-0.2, -0.15) is 0 Å². The standard InChI is InChI=1S/C3H7N3O2/c4-2-1-3(7-5)8-6/h3H,4-6H2. The summed E-state index contributed by atoms with van der Waals surface area (Å²) in [6.45, 7) is 0. The van der Waals surface area contributed by atoms with Gasteiger partial charge in [0.2, 0.25) is 0 Å². The molecular formula is C3H7N3O2. The van der Waals surface area contributed by atoms with Crippen LogP contribution in [0.2, 0.25) is 0 Å². The van der Waals surface area contributed by atoms with Crippen LogP contribution in [0, 0.1) is 12.0 Å². The lowest BCUT2D eigenvalue weighted by Crippen LogP contribution is -2.22. The van der Waals surface area contributed by atoms with Crippen molar-refractivity contribution in [1.82, 2.24) is 0 Å². The molecular weight excluding hydrogens is 110 g/mol. The SMILES string of the molecule is NC#CC(ON)ON. The van der Waals surface area contributed by atoms with Gasteiger partial charge >= 0.3 is 0 Å². The van der Waals surface area contributed by atoms with Gasteiger partial charge in [0.25, 0.3) is 6.29 Å². The molecule has 0 aromatic rings. The number of hydrogen-bond acceptors (Lipinski definition) is 5. The lowest BCUT2D eigenvalue weighted by molar-refractivity contribution is -0.109. The molecule has 6 N–H and O–H groups in total. The van der Waals surface area contributed by atoms with E-state index >= 15 is 0 Å². The van der Waals surface area contributed by atoms with E-state index in [4.69, 9.17) is 5.73 Å². The highest BCUT2D eigenvalue weighted by Crippen LogP contribution is 1.78. The maximum absolute atomic E-state index is 4.75. The summed E-state index contributed by atoms with van der Waals surface area (Å²) in [6.07, 6.45) is -0.931. The average Bonchev–Trinajstić information content (AvgIpc) is 1.83. The molecule has 0 rings (SSSR count). The third kappa shape index (κ3) is 2.39. The molecule has 0 bridgehead atoms. The van der Waals surface area contributed by atoms with Gasteiger partial charge in [0.15, 0.2) is 0 Å². The Morgan fingerprint density at radius 1 is 1.25 bits per heavy atom. The van der Waals surface area contributed by atoms with Crippen molar-refractivity contribution in [3.63, 3.8) is 0 Å². The molecule has 0 saturated carbocycles. The molecule has 0 atom stereocenters. The zero-order valence-electron chi connectivity index (χ0n) is 4.13. The van der Waals surface area contributed by atoms with Crippen LogP contribution in [0.1, 0.15) is 0 Å². The summed E-state index contributed by atoms with van der Waals surface area (Å²) in [4.78, 5) is 8.08. The molecule has 0 aliphatic carbocycles. The number of nitrogens with two attached hydrogens (primary N) is 3. The quantitative estimate of drug-likeness (QED) is 0.168. The smallest absolute Gasteiger partial charge is 0.258 e. The Kier molecular flexibility index (Phi) is 3.93. The van der Waals surface area contributed by atoms with E-state index < -0.39 is 6.29 Å². The van der Waals surface area contributed by atoms with Crippen LogP contribution in [0.25, 0.3) is 0 Å². The summed E-state index contributed by atoms with van der Waals surface area (Å²) in [7, 11) is 0. The molecule has 0 unspecified atom stereocenters. The van der Waals surface area contributed by atoms with E-state index in [1.807, 2.05) is 6.04 Å². The van der Waals surface area contributed by atoms with Crippen molar-refractivity contribution in [3.8, 4) is 12.0 Å². The summed E-state index contributed by atoms with van der Waals surface area (Å²) in [5.41, 5.74) is 4.75. The highest BCUT2D eigenvalue weighted by atomic mass is 16.8. The third-order valence-electron chi connectivity index (χ3n) is 0.448. The van der Waals surface area contributed by atoms with Crippen LogP contribution in [-0.4, -0.2) is 6.29 Å². The maximum atomic E-state index is 4.75. The monoisotopic (exact) mass is 117 g/mol. The first-order valence-electron chi connectivity index (χ1n) is 1.77. The number of hydrogen-bond donors (Lipinski definition) is 3. The van der Waals surface area contributed by atoms with Crippen LogP contribution in [-0.2, 0) is 9.68 Å². The van der Waals surface area contributed by atoms with Crippen LogP contribution < -0.4 is 17.5 Å². The van der Waals surface area contributed by atoms with Gasteiger partial charge in [-0.25, -0.2) is 11.8 Å². The molecule has 0 aliphatic heterocycles. The fourth-order valence-electron chi connectivity index (χ4n) is 0.168. The molecule has 0 aromatic carbocycles. The fourth-order valence-corrected chi connectivity index (χ4v) is 0.168. The minimum atomic E-state index is -0.931. The third-order valence-corrected chi connectivity index (χ3v) is 0.448. The molecule has 0 heterocycles. The fraction of sp³-hybridized carbons (Fsp3) is 0.333. The van der Waals surface area contributed by atoms with Crippen molar-refractivity contribution in [2.45, 2.75) is 6.29 Å². The predicted octanol–water partition coefficient (Wildman–Crippen LogP) is -1.99. The zero-order chi connectivity index (χ0) is 6.41. The summed E-state index contributed by atoms with van der Waals surface area (Å²) in [5.74, 6) is 11.4. The van der Waals surface area contributed by atoms with Gasteiger partial charge in [-0.3, -0.25) is 9.68 Å². The van der Waals surface area contributed by atoms with E-state index in [0.29, 0.717) is 0 Å². The Morgan fingerprint density at radius 2 is 1.75 bits per heavy atom. The Labute approximate surface area is 46.6 Å². The normalized spacial score (nSPS) is 8.38. The summed E-state index contributed by atoms with van der Waals surface area (Å²) >= 11 is 0. The van der Waals surface area contributed by atoms with E-state index in [1.54, 1.807) is 0 Å². The molecule has 0 fully saturated rings. The molecule has 0 aliphatic rings. The van der Waals surface area contributed by atoms with E-state index in [-0.39, 0.29) is 0 Å². The summed E-state index contributed by atoms with van der Waals surface area (Å²) < 4.78 is 0. The van der Waals surface area contributed by atoms with Crippen molar-refractivity contribution in [2.24, 2.45) is 17.5 Å². The largest absolute Gasteiger partial charge is 0.359 e. The van der Waals surface area contributed by atoms with Crippen molar-refractivity contribution < 1.29 is 9.68 Å². The van der Waals surface area contributed by atoms with Gasteiger partial charge < -0.3 is 5.73 Å². The van der Waals surface area contributed by atoms with Crippen LogP contribution in [0.4, 0.5) is 0 Å². The summed E-state index contributed by atoms with van der Waals surface area (Å²) in [5, 5.41) is 0. The van der Waals surface area contributed by atoms with Crippen molar-refractivity contribution in [2.75, 3.05) is 0 Å². The van der Waals surface area contributed by atoms with Gasteiger partial charge in [0, 0.05) is 6.04 Å². The molecule has 0 amide bonds. The molecule has 0 radical (unpaired) electrons. The first kappa shape index (κ1) is 7.20. The first-order chi connectivity index (χ1) is 3.85. The molecule has 5 heteroatoms. The second-order valence-corrected chi connectivity index (χ2v) is 0.893. The highest BCUT2D eigenvalue weighted by Gasteiger charge is 1.97. The zero-order valence-corrected chi connectivity index (χ0v) is 4.13.